The summed E-state index contributed by atoms with van der Waals surface area (Å²) < 4.78 is 11.1. The lowest BCUT2D eigenvalue weighted by Gasteiger charge is -2.12. The van der Waals surface area contributed by atoms with Gasteiger partial charge in [-0.3, -0.25) is 0 Å². The van der Waals surface area contributed by atoms with Crippen molar-refractivity contribution < 1.29 is 14.3 Å². The number of carbonyl (C=O) groups is 1. The molecule has 0 radical (unpaired) electrons. The van der Waals surface area contributed by atoms with E-state index in [0.717, 1.165) is 18.4 Å². The van der Waals surface area contributed by atoms with E-state index in [1.807, 2.05) is 30.3 Å². The molecule has 1 fully saturated rings. The number of esters is 1. The first-order valence-electron chi connectivity index (χ1n) is 7.24. The molecule has 3 heteroatoms. The van der Waals surface area contributed by atoms with E-state index in [4.69, 9.17) is 9.47 Å². The van der Waals surface area contributed by atoms with E-state index >= 15 is 0 Å². The van der Waals surface area contributed by atoms with Crippen LogP contribution in [0, 0.1) is 5.92 Å². The molecule has 0 saturated carbocycles. The van der Waals surface area contributed by atoms with Gasteiger partial charge in [-0.05, 0) is 30.4 Å². The van der Waals surface area contributed by atoms with Crippen LogP contribution in [-0.2, 0) is 14.3 Å². The van der Waals surface area contributed by atoms with Gasteiger partial charge in [0.15, 0.2) is 0 Å². The molecule has 1 saturated heterocycles. The maximum Gasteiger partial charge on any atom is 0.330 e. The predicted molar refractivity (Wildman–Crippen MR) is 79.2 cm³/mol. The highest BCUT2D eigenvalue weighted by Gasteiger charge is 2.31. The first kappa shape index (κ1) is 14.8. The van der Waals surface area contributed by atoms with E-state index in [2.05, 4.69) is 13.8 Å². The molecule has 1 unspecified atom stereocenters. The minimum absolute atomic E-state index is 0.0454. The Morgan fingerprint density at radius 1 is 1.40 bits per heavy atom. The minimum Gasteiger partial charge on any atom is -0.460 e. The molecule has 1 heterocycles. The first-order valence-corrected chi connectivity index (χ1v) is 7.24. The molecule has 1 aromatic rings. The molecule has 108 valence electrons. The number of rotatable bonds is 5. The van der Waals surface area contributed by atoms with E-state index in [9.17, 15) is 4.79 Å². The topological polar surface area (TPSA) is 35.5 Å². The van der Waals surface area contributed by atoms with Crippen molar-refractivity contribution in [1.82, 2.24) is 0 Å². The average molecular weight is 274 g/mol. The Balaban J connectivity index is 1.75. The zero-order valence-corrected chi connectivity index (χ0v) is 12.1. The van der Waals surface area contributed by atoms with Gasteiger partial charge in [-0.15, -0.1) is 0 Å². The van der Waals surface area contributed by atoms with Crippen LogP contribution in [0.2, 0.25) is 0 Å². The van der Waals surface area contributed by atoms with Gasteiger partial charge in [0.1, 0.15) is 6.61 Å². The number of carbonyl (C=O) groups excluding carboxylic acids is 1. The Kier molecular flexibility index (Phi) is 5.36. The van der Waals surface area contributed by atoms with Crippen LogP contribution in [-0.4, -0.2) is 24.8 Å². The SMILES string of the molecule is CCC1O[C@H](COC(=O)/C=C/c2ccccc2)C[C@@H]1C. The van der Waals surface area contributed by atoms with Gasteiger partial charge < -0.3 is 9.47 Å². The standard InChI is InChI=1S/C17H22O3/c1-3-16-13(2)11-15(20-16)12-19-17(18)10-9-14-7-5-4-6-8-14/h4-10,13,15-16H,3,11-12H2,1-2H3/b10-9+/t13-,15-,16?/m0/s1. The smallest absolute Gasteiger partial charge is 0.330 e. The highest BCUT2D eigenvalue weighted by atomic mass is 16.6. The highest BCUT2D eigenvalue weighted by molar-refractivity contribution is 5.87. The second kappa shape index (κ2) is 7.25. The van der Waals surface area contributed by atoms with Gasteiger partial charge in [-0.2, -0.15) is 0 Å². The van der Waals surface area contributed by atoms with Crippen LogP contribution >= 0.6 is 0 Å². The van der Waals surface area contributed by atoms with Crippen molar-refractivity contribution in [3.8, 4) is 0 Å². The van der Waals surface area contributed by atoms with Gasteiger partial charge in [-0.25, -0.2) is 4.79 Å². The molecule has 0 amide bonds. The van der Waals surface area contributed by atoms with Crippen LogP contribution in [0.1, 0.15) is 32.3 Å². The highest BCUT2D eigenvalue weighted by Crippen LogP contribution is 2.28. The second-order valence-corrected chi connectivity index (χ2v) is 5.29. The fraction of sp³-hybridized carbons (Fsp3) is 0.471. The minimum atomic E-state index is -0.315. The molecule has 0 aliphatic carbocycles. The third-order valence-corrected chi connectivity index (χ3v) is 3.66. The van der Waals surface area contributed by atoms with Crippen LogP contribution < -0.4 is 0 Å². The number of benzene rings is 1. The van der Waals surface area contributed by atoms with Crippen LogP contribution in [0.15, 0.2) is 36.4 Å². The lowest BCUT2D eigenvalue weighted by Crippen LogP contribution is -2.18. The number of ether oxygens (including phenoxy) is 2. The van der Waals surface area contributed by atoms with Crippen molar-refractivity contribution >= 4 is 12.0 Å². The Labute approximate surface area is 120 Å². The summed E-state index contributed by atoms with van der Waals surface area (Å²) in [6.45, 7) is 4.66. The maximum absolute atomic E-state index is 11.6. The molecular formula is C17H22O3. The molecule has 1 aliphatic heterocycles. The molecule has 0 N–H and O–H groups in total. The van der Waals surface area contributed by atoms with Crippen molar-refractivity contribution in [2.45, 2.75) is 38.9 Å². The molecule has 2 rings (SSSR count). The summed E-state index contributed by atoms with van der Waals surface area (Å²) in [7, 11) is 0. The van der Waals surface area contributed by atoms with Crippen molar-refractivity contribution in [3.63, 3.8) is 0 Å². The maximum atomic E-state index is 11.6. The van der Waals surface area contributed by atoms with Crippen LogP contribution in [0.4, 0.5) is 0 Å². The molecule has 20 heavy (non-hydrogen) atoms. The summed E-state index contributed by atoms with van der Waals surface area (Å²) in [6, 6.07) is 9.69. The Morgan fingerprint density at radius 2 is 2.15 bits per heavy atom. The lowest BCUT2D eigenvalue weighted by atomic mass is 10.0. The van der Waals surface area contributed by atoms with Crippen molar-refractivity contribution in [2.75, 3.05) is 6.61 Å². The summed E-state index contributed by atoms with van der Waals surface area (Å²) in [6.07, 6.45) is 5.55. The summed E-state index contributed by atoms with van der Waals surface area (Å²) in [5.74, 6) is 0.230. The third-order valence-electron chi connectivity index (χ3n) is 3.66. The fourth-order valence-corrected chi connectivity index (χ4v) is 2.56. The molecule has 0 bridgehead atoms. The molecule has 1 aliphatic rings. The Hall–Kier alpha value is -1.61. The summed E-state index contributed by atoms with van der Waals surface area (Å²) in [4.78, 5) is 11.6. The van der Waals surface area contributed by atoms with E-state index in [1.165, 1.54) is 6.08 Å². The van der Waals surface area contributed by atoms with Gasteiger partial charge in [0, 0.05) is 6.08 Å². The average Bonchev–Trinajstić information content (AvgIpc) is 2.84. The van der Waals surface area contributed by atoms with Crippen molar-refractivity contribution in [2.24, 2.45) is 5.92 Å². The van der Waals surface area contributed by atoms with E-state index < -0.39 is 0 Å². The Bertz CT molecular complexity index is 453. The first-order chi connectivity index (χ1) is 9.69. The number of hydrogen-bond donors (Lipinski definition) is 0. The Morgan fingerprint density at radius 3 is 2.80 bits per heavy atom. The van der Waals surface area contributed by atoms with E-state index in [0.29, 0.717) is 18.6 Å². The van der Waals surface area contributed by atoms with Gasteiger partial charge in [-0.1, -0.05) is 44.2 Å². The lowest BCUT2D eigenvalue weighted by molar-refractivity contribution is -0.141. The van der Waals surface area contributed by atoms with Gasteiger partial charge in [0.05, 0.1) is 12.2 Å². The van der Waals surface area contributed by atoms with Crippen molar-refractivity contribution in [1.29, 1.82) is 0 Å². The molecular weight excluding hydrogens is 252 g/mol. The number of hydrogen-bond acceptors (Lipinski definition) is 3. The summed E-state index contributed by atoms with van der Waals surface area (Å²) >= 11 is 0. The third kappa shape index (κ3) is 4.20. The van der Waals surface area contributed by atoms with Gasteiger partial charge >= 0.3 is 5.97 Å². The molecule has 0 aromatic heterocycles. The molecule has 1 aromatic carbocycles. The second-order valence-electron chi connectivity index (χ2n) is 5.29. The normalized spacial score (nSPS) is 26.0. The van der Waals surface area contributed by atoms with Crippen molar-refractivity contribution in [3.05, 3.63) is 42.0 Å². The fourth-order valence-electron chi connectivity index (χ4n) is 2.56. The van der Waals surface area contributed by atoms with Crippen LogP contribution in [0.25, 0.3) is 6.08 Å². The monoisotopic (exact) mass is 274 g/mol. The van der Waals surface area contributed by atoms with Crippen LogP contribution in [0.3, 0.4) is 0 Å². The zero-order valence-electron chi connectivity index (χ0n) is 12.1. The quantitative estimate of drug-likeness (QED) is 0.609. The summed E-state index contributed by atoms with van der Waals surface area (Å²) in [5, 5.41) is 0. The molecule has 3 atom stereocenters. The van der Waals surface area contributed by atoms with Gasteiger partial charge in [0.2, 0.25) is 0 Å². The summed E-state index contributed by atoms with van der Waals surface area (Å²) in [5.41, 5.74) is 0.987. The molecule has 3 nitrogen and oxygen atoms in total. The predicted octanol–water partition coefficient (Wildman–Crippen LogP) is 3.45. The molecule has 0 spiro atoms. The van der Waals surface area contributed by atoms with E-state index in [-0.39, 0.29) is 12.1 Å². The zero-order chi connectivity index (χ0) is 14.4. The van der Waals surface area contributed by atoms with Gasteiger partial charge in [0.25, 0.3) is 0 Å². The largest absolute Gasteiger partial charge is 0.460 e. The van der Waals surface area contributed by atoms with Crippen LogP contribution in [0.5, 0.6) is 0 Å². The van der Waals surface area contributed by atoms with E-state index in [1.54, 1.807) is 6.08 Å².